The van der Waals surface area contributed by atoms with Gasteiger partial charge in [-0.2, -0.15) is 0 Å². The number of hydrogen-bond donors (Lipinski definition) is 0. The predicted octanol–water partition coefficient (Wildman–Crippen LogP) is 9.75. The van der Waals surface area contributed by atoms with E-state index in [2.05, 4.69) is 177 Å². The average Bonchev–Trinajstić information content (AvgIpc) is 3.22. The molecular weight excluding hydrogens is 637 g/mol. The second-order valence-electron chi connectivity index (χ2n) is 13.7. The molecule has 2 aromatic heterocycles. The van der Waals surface area contributed by atoms with Crippen molar-refractivity contribution in [2.24, 2.45) is 0 Å². The molecule has 0 unspecified atom stereocenters. The quantitative estimate of drug-likeness (QED) is 0.175. The van der Waals surface area contributed by atoms with E-state index in [0.29, 0.717) is 11.6 Å². The first-order chi connectivity index (χ1) is 25.5. The van der Waals surface area contributed by atoms with Crippen molar-refractivity contribution in [3.63, 3.8) is 0 Å². The Balaban J connectivity index is 1.29. The number of aromatic nitrogens is 6. The Bertz CT molecular complexity index is 2390. The summed E-state index contributed by atoms with van der Waals surface area (Å²) in [5.74, 6) is 1.30. The second-order valence-corrected chi connectivity index (χ2v) is 13.7. The molecule has 0 amide bonds. The van der Waals surface area contributed by atoms with Crippen molar-refractivity contribution in [1.29, 1.82) is 0 Å². The van der Waals surface area contributed by atoms with Gasteiger partial charge in [-0.05, 0) is 79.9 Å². The van der Waals surface area contributed by atoms with Gasteiger partial charge in [0.2, 0.25) is 0 Å². The summed E-state index contributed by atoms with van der Waals surface area (Å²) in [5.41, 5.74) is 13.1. The molecule has 0 fully saturated rings. The van der Waals surface area contributed by atoms with E-state index in [0.717, 1.165) is 33.4 Å². The van der Waals surface area contributed by atoms with E-state index in [1.807, 2.05) is 12.1 Å². The van der Waals surface area contributed by atoms with Crippen LogP contribution in [0.25, 0.3) is 45.0 Å². The molecule has 0 saturated heterocycles. The molecule has 0 radical (unpaired) electrons. The van der Waals surface area contributed by atoms with Crippen LogP contribution in [0.4, 0.5) is 0 Å². The number of rotatable bonds is 6. The Morgan fingerprint density at radius 1 is 0.346 bits per heavy atom. The van der Waals surface area contributed by atoms with Gasteiger partial charge in [-0.25, -0.2) is 29.9 Å². The van der Waals surface area contributed by atoms with Crippen molar-refractivity contribution in [3.05, 3.63) is 204 Å². The molecule has 248 valence electrons. The van der Waals surface area contributed by atoms with Crippen molar-refractivity contribution in [2.75, 3.05) is 0 Å². The zero-order chi connectivity index (χ0) is 35.1. The molecule has 0 atom stereocenters. The molecule has 0 saturated carbocycles. The van der Waals surface area contributed by atoms with Gasteiger partial charge in [0.25, 0.3) is 0 Å². The summed E-state index contributed by atoms with van der Waals surface area (Å²) in [6, 6.07) is 52.9. The first-order valence-electron chi connectivity index (χ1n) is 17.4. The van der Waals surface area contributed by atoms with E-state index in [-0.39, 0.29) is 5.41 Å². The van der Waals surface area contributed by atoms with Gasteiger partial charge < -0.3 is 0 Å². The van der Waals surface area contributed by atoms with Crippen molar-refractivity contribution in [1.82, 2.24) is 29.9 Å². The SMILES string of the molecule is CC1(C)c2ccccc2C(c2cccc(-c3cccc(-c4ncncn4)c3)c2)(c2cccc(-c3cccc(-c4ncncn4)c3)c2)c2ccccc21. The average molecular weight is 671 g/mol. The van der Waals surface area contributed by atoms with Crippen molar-refractivity contribution in [3.8, 4) is 45.0 Å². The monoisotopic (exact) mass is 670 g/mol. The number of nitrogens with zero attached hydrogens (tertiary/aromatic N) is 6. The molecule has 52 heavy (non-hydrogen) atoms. The van der Waals surface area contributed by atoms with E-state index in [1.54, 1.807) is 0 Å². The summed E-state index contributed by atoms with van der Waals surface area (Å²) in [7, 11) is 0. The molecule has 6 heteroatoms. The largest absolute Gasteiger partial charge is 0.225 e. The van der Waals surface area contributed by atoms with Gasteiger partial charge in [0, 0.05) is 16.5 Å². The highest BCUT2D eigenvalue weighted by Gasteiger charge is 2.48. The lowest BCUT2D eigenvalue weighted by Crippen LogP contribution is -2.41. The summed E-state index contributed by atoms with van der Waals surface area (Å²) in [5, 5.41) is 0. The summed E-state index contributed by atoms with van der Waals surface area (Å²) < 4.78 is 0. The van der Waals surface area contributed by atoms with Gasteiger partial charge in [0.15, 0.2) is 11.6 Å². The Hall–Kier alpha value is -6.66. The molecule has 6 nitrogen and oxygen atoms in total. The first kappa shape index (κ1) is 31.3. The molecule has 6 aromatic carbocycles. The molecule has 0 N–H and O–H groups in total. The molecule has 0 spiro atoms. The third-order valence-electron chi connectivity index (χ3n) is 10.5. The lowest BCUT2D eigenvalue weighted by Gasteiger charge is -2.48. The lowest BCUT2D eigenvalue weighted by atomic mass is 9.54. The van der Waals surface area contributed by atoms with E-state index in [4.69, 9.17) is 0 Å². The molecule has 9 rings (SSSR count). The topological polar surface area (TPSA) is 77.3 Å². The zero-order valence-electron chi connectivity index (χ0n) is 28.8. The Morgan fingerprint density at radius 3 is 1.12 bits per heavy atom. The maximum Gasteiger partial charge on any atom is 0.162 e. The van der Waals surface area contributed by atoms with Crippen LogP contribution in [0.2, 0.25) is 0 Å². The van der Waals surface area contributed by atoms with E-state index >= 15 is 0 Å². The number of fused-ring (bicyclic) bond motifs is 2. The fraction of sp³-hybridized carbons (Fsp3) is 0.0870. The fourth-order valence-corrected chi connectivity index (χ4v) is 8.11. The van der Waals surface area contributed by atoms with Crippen LogP contribution >= 0.6 is 0 Å². The molecule has 2 heterocycles. The highest BCUT2D eigenvalue weighted by molar-refractivity contribution is 5.77. The molecule has 1 aliphatic rings. The van der Waals surface area contributed by atoms with Gasteiger partial charge in [-0.1, -0.05) is 135 Å². The summed E-state index contributed by atoms with van der Waals surface area (Å²) in [4.78, 5) is 25.7. The molecule has 0 bridgehead atoms. The number of hydrogen-bond acceptors (Lipinski definition) is 6. The van der Waals surface area contributed by atoms with Gasteiger partial charge >= 0.3 is 0 Å². The maximum absolute atomic E-state index is 4.41. The first-order valence-corrected chi connectivity index (χ1v) is 17.4. The molecule has 0 aliphatic heterocycles. The zero-order valence-corrected chi connectivity index (χ0v) is 28.8. The van der Waals surface area contributed by atoms with Crippen molar-refractivity contribution < 1.29 is 0 Å². The molecule has 8 aromatic rings. The standard InChI is InChI=1S/C46H34N6/c1-45(2)39-19-3-5-21-41(39)46(42-22-6-4-20-40(42)45,37-17-9-13-33(25-37)31-11-7-15-35(23-31)43-49-27-47-28-50-43)38-18-10-14-34(26-38)32-12-8-16-36(24-32)44-51-29-48-30-52-44/h3-30H,1-2H3. The van der Waals surface area contributed by atoms with E-state index in [1.165, 1.54) is 58.7 Å². The van der Waals surface area contributed by atoms with Crippen LogP contribution in [-0.2, 0) is 10.8 Å². The molecular formula is C46H34N6. The van der Waals surface area contributed by atoms with Crippen molar-refractivity contribution in [2.45, 2.75) is 24.7 Å². The van der Waals surface area contributed by atoms with Crippen LogP contribution in [0.3, 0.4) is 0 Å². The van der Waals surface area contributed by atoms with Gasteiger partial charge in [-0.3, -0.25) is 0 Å². The van der Waals surface area contributed by atoms with Crippen LogP contribution in [0.5, 0.6) is 0 Å². The van der Waals surface area contributed by atoms with Crippen LogP contribution in [0.1, 0.15) is 47.2 Å². The fourth-order valence-electron chi connectivity index (χ4n) is 8.11. The van der Waals surface area contributed by atoms with Crippen LogP contribution in [0, 0.1) is 0 Å². The Kier molecular flexibility index (Phi) is 7.58. The summed E-state index contributed by atoms with van der Waals surface area (Å²) >= 11 is 0. The van der Waals surface area contributed by atoms with E-state index in [9.17, 15) is 0 Å². The predicted molar refractivity (Wildman–Crippen MR) is 205 cm³/mol. The Morgan fingerprint density at radius 2 is 0.692 bits per heavy atom. The summed E-state index contributed by atoms with van der Waals surface area (Å²) in [6.07, 6.45) is 6.15. The van der Waals surface area contributed by atoms with Gasteiger partial charge in [-0.15, -0.1) is 0 Å². The minimum absolute atomic E-state index is 0.205. The third-order valence-corrected chi connectivity index (χ3v) is 10.5. The van der Waals surface area contributed by atoms with Crippen molar-refractivity contribution >= 4 is 0 Å². The number of benzene rings is 6. The molecule has 1 aliphatic carbocycles. The maximum atomic E-state index is 4.41. The van der Waals surface area contributed by atoms with Crippen LogP contribution < -0.4 is 0 Å². The minimum Gasteiger partial charge on any atom is -0.225 e. The van der Waals surface area contributed by atoms with Crippen LogP contribution in [-0.4, -0.2) is 29.9 Å². The minimum atomic E-state index is -0.619. The highest BCUT2D eigenvalue weighted by Crippen LogP contribution is 2.56. The van der Waals surface area contributed by atoms with E-state index < -0.39 is 5.41 Å². The second kappa shape index (κ2) is 12.6. The smallest absolute Gasteiger partial charge is 0.162 e. The van der Waals surface area contributed by atoms with Gasteiger partial charge in [0.05, 0.1) is 5.41 Å². The highest BCUT2D eigenvalue weighted by atomic mass is 15.0. The lowest BCUT2D eigenvalue weighted by molar-refractivity contribution is 0.558. The Labute approximate surface area is 303 Å². The normalized spacial score (nSPS) is 13.9. The van der Waals surface area contributed by atoms with Gasteiger partial charge in [0.1, 0.15) is 25.3 Å². The van der Waals surface area contributed by atoms with Crippen LogP contribution in [0.15, 0.2) is 171 Å². The third kappa shape index (κ3) is 5.11. The summed E-state index contributed by atoms with van der Waals surface area (Å²) in [6.45, 7) is 4.70.